The summed E-state index contributed by atoms with van der Waals surface area (Å²) in [5.41, 5.74) is 25.0. The quantitative estimate of drug-likeness (QED) is 0.0892. The largest absolute Gasteiger partial charge is 0.453 e. The van der Waals surface area contributed by atoms with Gasteiger partial charge in [0, 0.05) is 69.1 Å². The van der Waals surface area contributed by atoms with Gasteiger partial charge >= 0.3 is 0 Å². The van der Waals surface area contributed by atoms with E-state index in [0.717, 1.165) is 34.2 Å². The molecule has 0 bridgehead atoms. The molecule has 0 unspecified atom stereocenters. The van der Waals surface area contributed by atoms with Crippen LogP contribution in [-0.4, -0.2) is 34.2 Å². The van der Waals surface area contributed by atoms with E-state index in [1.54, 1.807) is 10.4 Å². The number of unbranched alkanes of at least 4 members (excludes halogenated alkanes) is 2. The molecule has 25 rings (SSSR count). The third kappa shape index (κ3) is 11.3. The number of nitrogens with zero attached hydrogens (tertiary/aromatic N) is 6. The first-order chi connectivity index (χ1) is 62.7. The molecule has 19 aromatic rings. The third-order valence-corrected chi connectivity index (χ3v) is 43.5. The number of benzene rings is 17. The smallest absolute Gasteiger partial charge is 0.184 e. The van der Waals surface area contributed by atoms with Crippen molar-refractivity contribution in [2.24, 2.45) is 0 Å². The molecule has 0 amide bonds. The lowest BCUT2D eigenvalue weighted by molar-refractivity contribution is 0.477. The summed E-state index contributed by atoms with van der Waals surface area (Å²) in [7, 11) is -6.79. The SMILES string of the molecule is CC1(C)c2ccccc2N(c2cc3c4ccccc4c(N4c5ccccc5Oc5ccccc54)cc3c3ccccc23)c2cc3c(cc21)-c1ccccc1[Si]3(c1cccnc1)c1cccnc1.CCCC[Si]1(CCCC)c2ccccc2-c2cc3c(cc21)N(c1ccc2c(ccc4cc(N5c6ccccc6[Si](C)(C)c6ccccc65)ccc42)c1)c1ccccc1C3(C)C. The second-order valence-corrected chi connectivity index (χ2v) is 49.9. The lowest BCUT2D eigenvalue weighted by Gasteiger charge is -2.43. The van der Waals surface area contributed by atoms with Gasteiger partial charge in [-0.1, -0.05) is 311 Å². The van der Waals surface area contributed by atoms with Gasteiger partial charge in [0.15, 0.2) is 19.6 Å². The van der Waals surface area contributed by atoms with Crippen LogP contribution in [0.3, 0.4) is 0 Å². The average Bonchev–Trinajstić information content (AvgIpc) is 1.49. The molecule has 0 fully saturated rings. The highest BCUT2D eigenvalue weighted by Crippen LogP contribution is 2.59. The Kier molecular flexibility index (Phi) is 17.9. The summed E-state index contributed by atoms with van der Waals surface area (Å²) in [6.07, 6.45) is 13.0. The minimum Gasteiger partial charge on any atom is -0.453 e. The lowest BCUT2D eigenvalue weighted by Crippen LogP contribution is -2.73. The summed E-state index contributed by atoms with van der Waals surface area (Å²) in [5, 5.41) is 23.8. The molecule has 618 valence electrons. The molecule has 6 aliphatic heterocycles. The van der Waals surface area contributed by atoms with E-state index < -0.39 is 24.2 Å². The first-order valence-electron chi connectivity index (χ1n) is 45.9. The molecule has 0 radical (unpaired) electrons. The van der Waals surface area contributed by atoms with E-state index in [0.29, 0.717) is 0 Å². The van der Waals surface area contributed by atoms with Gasteiger partial charge in [-0.15, -0.1) is 0 Å². The highest BCUT2D eigenvalue weighted by atomic mass is 28.3. The number of hydrogen-bond donors (Lipinski definition) is 0. The Balaban J connectivity index is 0.000000143. The molecule has 0 atom stereocenters. The fraction of sp³-hybridized carbons (Fsp3) is 0.136. The molecule has 17 aromatic carbocycles. The second kappa shape index (κ2) is 29.5. The van der Waals surface area contributed by atoms with E-state index in [1.165, 1.54) is 213 Å². The normalized spacial score (nSPS) is 15.4. The van der Waals surface area contributed by atoms with E-state index in [1.807, 2.05) is 24.5 Å². The minimum atomic E-state index is -2.93. The molecular formula is C118H98N6OSi3. The van der Waals surface area contributed by atoms with Crippen LogP contribution in [0.4, 0.5) is 68.2 Å². The predicted octanol–water partition coefficient (Wildman–Crippen LogP) is 26.8. The van der Waals surface area contributed by atoms with Crippen LogP contribution < -0.4 is 65.8 Å². The number of anilines is 12. The molecule has 6 aliphatic rings. The molecule has 0 saturated heterocycles. The van der Waals surface area contributed by atoms with Gasteiger partial charge in [-0.25, -0.2) is 0 Å². The van der Waals surface area contributed by atoms with Crippen LogP contribution in [0.25, 0.3) is 76.1 Å². The standard InChI is InChI=1S/C61H42N4OSi.C57H56N2Si2/c1-61(2)49-24-8-9-25-51(49)64(56-36-60-48(33-50(56)61)45-23-7-14-30-59(45)67(60,39-17-15-31-62-37-39)40-18-16-32-63-38-40)54-34-46-42-20-4-6-22-44(42)55(35-47(46)41-19-3-5-21-43(41)54)65-52-26-10-12-28-57(52)66-58-29-13-11-27-53(58)65;1-7-9-33-61(34-10-8-2)53-24-16-11-19-45(53)46-37-48-52(38-56(46)61)58(49-21-13-12-20-47(49)57(48,3)4)41-29-31-43-39(35-41)27-28-40-36-42(30-32-44(40)43)59-50-22-14-17-25-54(50)60(5,6)55-26-18-15-23-51(55)59/h3-38H,1-2H3;11-32,35-38H,7-10,33-34H2,1-6H3. The van der Waals surface area contributed by atoms with Crippen LogP contribution in [0.15, 0.2) is 377 Å². The highest BCUT2D eigenvalue weighted by Gasteiger charge is 2.53. The number of aromatic nitrogens is 2. The monoisotopic (exact) mass is 1700 g/mol. The zero-order chi connectivity index (χ0) is 86.1. The third-order valence-electron chi connectivity index (χ3n) is 29.8. The van der Waals surface area contributed by atoms with Gasteiger partial charge in [0.05, 0.1) is 45.5 Å². The van der Waals surface area contributed by atoms with Crippen molar-refractivity contribution in [1.29, 1.82) is 0 Å². The predicted molar refractivity (Wildman–Crippen MR) is 548 cm³/mol. The molecule has 2 aromatic heterocycles. The summed E-state index contributed by atoms with van der Waals surface area (Å²) in [5.74, 6) is 1.68. The van der Waals surface area contributed by atoms with Crippen LogP contribution in [0, 0.1) is 0 Å². The van der Waals surface area contributed by atoms with Crippen LogP contribution >= 0.6 is 0 Å². The Morgan fingerprint density at radius 3 is 1.19 bits per heavy atom. The Hall–Kier alpha value is -14.0. The fourth-order valence-electron chi connectivity index (χ4n) is 23.7. The second-order valence-electron chi connectivity index (χ2n) is 37.6. The van der Waals surface area contributed by atoms with Crippen LogP contribution in [0.2, 0.25) is 25.2 Å². The maximum absolute atomic E-state index is 6.51. The summed E-state index contributed by atoms with van der Waals surface area (Å²) >= 11 is 0. The first kappa shape index (κ1) is 77.5. The molecular weight excluding hydrogens is 1600 g/mol. The van der Waals surface area contributed by atoms with Crippen molar-refractivity contribution in [1.82, 2.24) is 9.97 Å². The molecule has 7 nitrogen and oxygen atoms in total. The molecule has 0 spiro atoms. The van der Waals surface area contributed by atoms with E-state index in [9.17, 15) is 0 Å². The zero-order valence-corrected chi connectivity index (χ0v) is 76.6. The fourth-order valence-corrected chi connectivity index (χ4v) is 37.6. The summed E-state index contributed by atoms with van der Waals surface area (Å²) in [4.78, 5) is 19.7. The molecule has 0 saturated carbocycles. The van der Waals surface area contributed by atoms with Crippen molar-refractivity contribution >= 4 is 188 Å². The van der Waals surface area contributed by atoms with Crippen molar-refractivity contribution in [2.45, 2.75) is 103 Å². The topological polar surface area (TPSA) is 48.0 Å². The Bertz CT molecular complexity index is 7670. The van der Waals surface area contributed by atoms with Crippen molar-refractivity contribution in [3.8, 4) is 33.8 Å². The Morgan fingerprint density at radius 2 is 0.680 bits per heavy atom. The molecule has 0 aliphatic carbocycles. The molecule has 0 N–H and O–H groups in total. The lowest BCUT2D eigenvalue weighted by atomic mass is 9.72. The molecule has 8 heterocycles. The van der Waals surface area contributed by atoms with E-state index in [-0.39, 0.29) is 10.8 Å². The average molecular weight is 1700 g/mol. The summed E-state index contributed by atoms with van der Waals surface area (Å²) < 4.78 is 6.51. The van der Waals surface area contributed by atoms with E-state index in [4.69, 9.17) is 14.7 Å². The number of rotatable bonds is 12. The van der Waals surface area contributed by atoms with Gasteiger partial charge in [-0.3, -0.25) is 9.97 Å². The molecule has 10 heteroatoms. The zero-order valence-electron chi connectivity index (χ0n) is 73.6. The van der Waals surface area contributed by atoms with Gasteiger partial charge in [-0.2, -0.15) is 0 Å². The van der Waals surface area contributed by atoms with Gasteiger partial charge in [0.2, 0.25) is 0 Å². The van der Waals surface area contributed by atoms with Crippen molar-refractivity contribution in [2.75, 3.05) is 19.6 Å². The Morgan fingerprint density at radius 1 is 0.281 bits per heavy atom. The van der Waals surface area contributed by atoms with Gasteiger partial charge in [0.1, 0.15) is 16.1 Å². The van der Waals surface area contributed by atoms with Crippen LogP contribution in [0.1, 0.15) is 89.5 Å². The van der Waals surface area contributed by atoms with Gasteiger partial charge < -0.3 is 24.3 Å². The van der Waals surface area contributed by atoms with E-state index >= 15 is 0 Å². The van der Waals surface area contributed by atoms with E-state index in [2.05, 4.69) is 426 Å². The number of para-hydroxylation sites is 8. The summed E-state index contributed by atoms with van der Waals surface area (Å²) in [6, 6.07) is 135. The minimum absolute atomic E-state index is 0.149. The maximum Gasteiger partial charge on any atom is 0.184 e. The number of ether oxygens (including phenoxy) is 1. The first-order valence-corrected chi connectivity index (χ1v) is 53.3. The van der Waals surface area contributed by atoms with Crippen LogP contribution in [0.5, 0.6) is 11.5 Å². The molecule has 128 heavy (non-hydrogen) atoms. The number of pyridine rings is 2. The van der Waals surface area contributed by atoms with Crippen molar-refractivity contribution < 1.29 is 4.74 Å². The number of hydrogen-bond acceptors (Lipinski definition) is 7. The van der Waals surface area contributed by atoms with Crippen molar-refractivity contribution in [3.63, 3.8) is 0 Å². The summed E-state index contributed by atoms with van der Waals surface area (Å²) in [6.45, 7) is 19.4. The Labute approximate surface area is 752 Å². The number of fused-ring (bicyclic) bond motifs is 22. The van der Waals surface area contributed by atoms with Crippen LogP contribution in [-0.2, 0) is 10.8 Å². The van der Waals surface area contributed by atoms with Gasteiger partial charge in [-0.05, 0) is 263 Å². The van der Waals surface area contributed by atoms with Crippen molar-refractivity contribution in [3.05, 3.63) is 399 Å². The highest BCUT2D eigenvalue weighted by molar-refractivity contribution is 7.22. The van der Waals surface area contributed by atoms with Gasteiger partial charge in [0.25, 0.3) is 0 Å². The maximum atomic E-state index is 6.51.